The van der Waals surface area contributed by atoms with Gasteiger partial charge in [-0.15, -0.1) is 5.10 Å². The maximum absolute atomic E-state index is 13.1. The first-order valence-electron chi connectivity index (χ1n) is 8.14. The number of benzene rings is 1. The molecule has 3 aromatic rings. The Hall–Kier alpha value is -3.43. The molecule has 1 amide bonds. The third-order valence-corrected chi connectivity index (χ3v) is 3.87. The molecule has 0 spiro atoms. The van der Waals surface area contributed by atoms with Crippen LogP contribution in [0.15, 0.2) is 48.9 Å². The molecule has 1 aromatic carbocycles. The van der Waals surface area contributed by atoms with Gasteiger partial charge in [-0.05, 0) is 26.0 Å². The van der Waals surface area contributed by atoms with E-state index in [2.05, 4.69) is 20.4 Å². The van der Waals surface area contributed by atoms with Crippen molar-refractivity contribution < 1.29 is 22.7 Å². The second-order valence-corrected chi connectivity index (χ2v) is 6.29. The van der Waals surface area contributed by atoms with Gasteiger partial charge < -0.3 is 10.1 Å². The molecule has 0 radical (unpaired) electrons. The molecular formula is C18H16F3N5O2. The maximum Gasteiger partial charge on any atom is 0.427 e. The van der Waals surface area contributed by atoms with E-state index in [4.69, 9.17) is 4.74 Å². The first kappa shape index (κ1) is 19.3. The van der Waals surface area contributed by atoms with Crippen LogP contribution in [0.1, 0.15) is 13.8 Å². The summed E-state index contributed by atoms with van der Waals surface area (Å²) in [5, 5.41) is 6.68. The summed E-state index contributed by atoms with van der Waals surface area (Å²) >= 11 is 0. The van der Waals surface area contributed by atoms with Gasteiger partial charge in [-0.3, -0.25) is 9.78 Å². The molecule has 0 aliphatic heterocycles. The molecule has 0 atom stereocenters. The van der Waals surface area contributed by atoms with Gasteiger partial charge in [0.05, 0.1) is 11.9 Å². The topological polar surface area (TPSA) is 81.9 Å². The number of hydrogen-bond donors (Lipinski definition) is 1. The molecule has 2 heterocycles. The Kier molecular flexibility index (Phi) is 5.04. The van der Waals surface area contributed by atoms with E-state index in [1.807, 2.05) is 0 Å². The molecule has 0 aliphatic carbocycles. The Morgan fingerprint density at radius 1 is 1.18 bits per heavy atom. The van der Waals surface area contributed by atoms with Crippen LogP contribution < -0.4 is 10.1 Å². The Morgan fingerprint density at radius 2 is 1.96 bits per heavy atom. The molecule has 0 fully saturated rings. The molecule has 7 nitrogen and oxygen atoms in total. The Morgan fingerprint density at radius 3 is 2.61 bits per heavy atom. The number of carbonyl (C=O) groups excluding carboxylic acids is 1. The average Bonchev–Trinajstić information content (AvgIpc) is 3.06. The van der Waals surface area contributed by atoms with Crippen molar-refractivity contribution in [3.8, 4) is 22.8 Å². The first-order chi connectivity index (χ1) is 13.2. The minimum absolute atomic E-state index is 0.0385. The van der Waals surface area contributed by atoms with E-state index in [0.29, 0.717) is 23.5 Å². The van der Waals surface area contributed by atoms with Gasteiger partial charge in [0.15, 0.2) is 17.2 Å². The van der Waals surface area contributed by atoms with E-state index in [0.717, 1.165) is 13.8 Å². The van der Waals surface area contributed by atoms with Gasteiger partial charge in [0.25, 0.3) is 0 Å². The predicted octanol–water partition coefficient (Wildman–Crippen LogP) is 3.62. The molecule has 0 bridgehead atoms. The lowest BCUT2D eigenvalue weighted by atomic mass is 10.1. The standard InChI is InChI=1S/C18H16F3N5O2/c1-17(2,18(19,20)21)28-13-5-3-4-12(8-13)14-9-15(24-11-27)25-26(14)16-10-22-6-7-23-16/h3-11H,1-2H3,(H,24,25,27). The number of hydrogen-bond acceptors (Lipinski definition) is 5. The number of nitrogens with one attached hydrogen (secondary N) is 1. The number of rotatable bonds is 6. The van der Waals surface area contributed by atoms with Crippen LogP contribution in [0.25, 0.3) is 17.1 Å². The number of alkyl halides is 3. The molecule has 2 aromatic heterocycles. The normalized spacial score (nSPS) is 11.9. The van der Waals surface area contributed by atoms with Gasteiger partial charge in [-0.25, -0.2) is 9.67 Å². The number of carbonyl (C=O) groups is 1. The van der Waals surface area contributed by atoms with Crippen LogP contribution in [-0.2, 0) is 4.79 Å². The Bertz CT molecular complexity index is 971. The van der Waals surface area contributed by atoms with Gasteiger partial charge in [0, 0.05) is 24.0 Å². The predicted molar refractivity (Wildman–Crippen MR) is 95.0 cm³/mol. The SMILES string of the molecule is CC(C)(Oc1cccc(-c2cc(NC=O)nn2-c2cnccn2)c1)C(F)(F)F. The van der Waals surface area contributed by atoms with Crippen LogP contribution >= 0.6 is 0 Å². The van der Waals surface area contributed by atoms with E-state index in [-0.39, 0.29) is 11.6 Å². The van der Waals surface area contributed by atoms with Gasteiger partial charge in [0.1, 0.15) is 5.75 Å². The quantitative estimate of drug-likeness (QED) is 0.649. The summed E-state index contributed by atoms with van der Waals surface area (Å²) in [5.41, 5.74) is -1.35. The molecule has 0 saturated carbocycles. The van der Waals surface area contributed by atoms with E-state index in [9.17, 15) is 18.0 Å². The van der Waals surface area contributed by atoms with Crippen LogP contribution in [0.2, 0.25) is 0 Å². The van der Waals surface area contributed by atoms with Crippen molar-refractivity contribution in [2.24, 2.45) is 0 Å². The summed E-state index contributed by atoms with van der Waals surface area (Å²) in [5.74, 6) is 0.660. The zero-order valence-corrected chi connectivity index (χ0v) is 14.9. The number of aromatic nitrogens is 4. The van der Waals surface area contributed by atoms with Crippen molar-refractivity contribution in [3.63, 3.8) is 0 Å². The van der Waals surface area contributed by atoms with Crippen molar-refractivity contribution in [2.75, 3.05) is 5.32 Å². The highest BCUT2D eigenvalue weighted by Gasteiger charge is 2.49. The first-order valence-corrected chi connectivity index (χ1v) is 8.14. The summed E-state index contributed by atoms with van der Waals surface area (Å²) in [6, 6.07) is 7.71. The van der Waals surface area contributed by atoms with Crippen LogP contribution in [0, 0.1) is 0 Å². The summed E-state index contributed by atoms with van der Waals surface area (Å²) in [6.07, 6.45) is 0.363. The van der Waals surface area contributed by atoms with Gasteiger partial charge >= 0.3 is 6.18 Å². The third kappa shape index (κ3) is 3.95. The van der Waals surface area contributed by atoms with Gasteiger partial charge in [0.2, 0.25) is 6.41 Å². The zero-order valence-electron chi connectivity index (χ0n) is 14.9. The smallest absolute Gasteiger partial charge is 0.427 e. The molecule has 146 valence electrons. The molecule has 10 heteroatoms. The van der Waals surface area contributed by atoms with Gasteiger partial charge in [-0.1, -0.05) is 12.1 Å². The fourth-order valence-corrected chi connectivity index (χ4v) is 2.36. The van der Waals surface area contributed by atoms with Gasteiger partial charge in [-0.2, -0.15) is 13.2 Å². The lowest BCUT2D eigenvalue weighted by molar-refractivity contribution is -0.234. The third-order valence-electron chi connectivity index (χ3n) is 3.87. The maximum atomic E-state index is 13.1. The number of nitrogens with zero attached hydrogens (tertiary/aromatic N) is 4. The summed E-state index contributed by atoms with van der Waals surface area (Å²) < 4.78 is 46.0. The molecular weight excluding hydrogens is 375 g/mol. The van der Waals surface area contributed by atoms with E-state index < -0.39 is 11.8 Å². The summed E-state index contributed by atoms with van der Waals surface area (Å²) in [6.45, 7) is 1.91. The molecule has 0 aliphatic rings. The minimum Gasteiger partial charge on any atom is -0.478 e. The van der Waals surface area contributed by atoms with Crippen LogP contribution in [0.3, 0.4) is 0 Å². The monoisotopic (exact) mass is 391 g/mol. The Balaban J connectivity index is 2.03. The lowest BCUT2D eigenvalue weighted by Crippen LogP contribution is -2.44. The number of ether oxygens (including phenoxy) is 1. The molecule has 1 N–H and O–H groups in total. The van der Waals surface area contributed by atoms with Crippen molar-refractivity contribution in [3.05, 3.63) is 48.9 Å². The lowest BCUT2D eigenvalue weighted by Gasteiger charge is -2.29. The highest BCUT2D eigenvalue weighted by Crippen LogP contribution is 2.35. The van der Waals surface area contributed by atoms with E-state index in [1.54, 1.807) is 18.2 Å². The molecule has 0 saturated heterocycles. The molecule has 3 rings (SSSR count). The molecule has 28 heavy (non-hydrogen) atoms. The number of amides is 1. The molecule has 0 unspecified atom stereocenters. The zero-order chi connectivity index (χ0) is 20.4. The highest BCUT2D eigenvalue weighted by atomic mass is 19.4. The van der Waals surface area contributed by atoms with Crippen molar-refractivity contribution in [1.82, 2.24) is 19.7 Å². The second-order valence-electron chi connectivity index (χ2n) is 6.29. The minimum atomic E-state index is -4.54. The van der Waals surface area contributed by atoms with Crippen LogP contribution in [0.4, 0.5) is 19.0 Å². The summed E-state index contributed by atoms with van der Waals surface area (Å²) in [4.78, 5) is 18.9. The summed E-state index contributed by atoms with van der Waals surface area (Å²) in [7, 11) is 0. The number of anilines is 1. The second kappa shape index (κ2) is 7.29. The van der Waals surface area contributed by atoms with E-state index >= 15 is 0 Å². The largest absolute Gasteiger partial charge is 0.478 e. The van der Waals surface area contributed by atoms with E-state index in [1.165, 1.54) is 35.4 Å². The number of halogens is 3. The Labute approximate surface area is 158 Å². The van der Waals surface area contributed by atoms with Crippen molar-refractivity contribution >= 4 is 12.2 Å². The highest BCUT2D eigenvalue weighted by molar-refractivity contribution is 5.73. The van der Waals surface area contributed by atoms with Crippen molar-refractivity contribution in [2.45, 2.75) is 25.6 Å². The fraction of sp³-hybridized carbons (Fsp3) is 0.222. The van der Waals surface area contributed by atoms with Crippen LogP contribution in [0.5, 0.6) is 5.75 Å². The van der Waals surface area contributed by atoms with Crippen molar-refractivity contribution in [1.29, 1.82) is 0 Å². The average molecular weight is 391 g/mol. The fourth-order valence-electron chi connectivity index (χ4n) is 2.36. The van der Waals surface area contributed by atoms with Crippen LogP contribution in [-0.4, -0.2) is 37.9 Å².